The Labute approximate surface area is 128 Å². The third-order valence-electron chi connectivity index (χ3n) is 2.85. The average Bonchev–Trinajstić information content (AvgIpc) is 2.44. The molecule has 0 fully saturated rings. The molecule has 0 radical (unpaired) electrons. The lowest BCUT2D eigenvalue weighted by molar-refractivity contribution is -0.120. The SMILES string of the molecule is CCCCCNC(=O)CCNC(=O)c1ccc(Br)cc1. The Morgan fingerprint density at radius 3 is 2.40 bits per heavy atom. The maximum absolute atomic E-state index is 11.8. The van der Waals surface area contributed by atoms with Crippen molar-refractivity contribution in [3.8, 4) is 0 Å². The highest BCUT2D eigenvalue weighted by Gasteiger charge is 2.06. The summed E-state index contributed by atoms with van der Waals surface area (Å²) in [6.07, 6.45) is 3.58. The van der Waals surface area contributed by atoms with Crippen molar-refractivity contribution in [3.63, 3.8) is 0 Å². The molecular formula is C15H21BrN2O2. The van der Waals surface area contributed by atoms with Gasteiger partial charge in [0.05, 0.1) is 0 Å². The Morgan fingerprint density at radius 1 is 1.05 bits per heavy atom. The van der Waals surface area contributed by atoms with Crippen LogP contribution in [0.4, 0.5) is 0 Å². The van der Waals surface area contributed by atoms with Crippen LogP contribution in [0.1, 0.15) is 43.0 Å². The molecule has 0 aromatic heterocycles. The fourth-order valence-electron chi connectivity index (χ4n) is 1.68. The van der Waals surface area contributed by atoms with E-state index in [1.807, 2.05) is 12.1 Å². The summed E-state index contributed by atoms with van der Waals surface area (Å²) in [7, 11) is 0. The fourth-order valence-corrected chi connectivity index (χ4v) is 1.95. The van der Waals surface area contributed by atoms with Gasteiger partial charge in [0, 0.05) is 29.5 Å². The van der Waals surface area contributed by atoms with E-state index >= 15 is 0 Å². The number of halogens is 1. The zero-order chi connectivity index (χ0) is 14.8. The highest BCUT2D eigenvalue weighted by atomic mass is 79.9. The maximum Gasteiger partial charge on any atom is 0.251 e. The minimum absolute atomic E-state index is 0.0165. The van der Waals surface area contributed by atoms with Gasteiger partial charge in [-0.05, 0) is 30.7 Å². The van der Waals surface area contributed by atoms with Gasteiger partial charge in [0.25, 0.3) is 5.91 Å². The minimum atomic E-state index is -0.156. The fraction of sp³-hybridized carbons (Fsp3) is 0.467. The smallest absolute Gasteiger partial charge is 0.251 e. The molecule has 110 valence electrons. The third kappa shape index (κ3) is 6.70. The van der Waals surface area contributed by atoms with Crippen LogP contribution in [0.3, 0.4) is 0 Å². The number of hydrogen-bond acceptors (Lipinski definition) is 2. The number of rotatable bonds is 8. The lowest BCUT2D eigenvalue weighted by Gasteiger charge is -2.06. The van der Waals surface area contributed by atoms with Crippen LogP contribution >= 0.6 is 15.9 Å². The van der Waals surface area contributed by atoms with Gasteiger partial charge >= 0.3 is 0 Å². The van der Waals surface area contributed by atoms with Gasteiger partial charge in [0.1, 0.15) is 0 Å². The number of carbonyl (C=O) groups excluding carboxylic acids is 2. The molecule has 0 saturated heterocycles. The van der Waals surface area contributed by atoms with Gasteiger partial charge in [0.2, 0.25) is 5.91 Å². The first-order valence-corrected chi connectivity index (χ1v) is 7.73. The molecule has 5 heteroatoms. The molecule has 4 nitrogen and oxygen atoms in total. The highest BCUT2D eigenvalue weighted by Crippen LogP contribution is 2.10. The molecule has 0 bridgehead atoms. The van der Waals surface area contributed by atoms with Crippen LogP contribution in [0.5, 0.6) is 0 Å². The number of unbranched alkanes of at least 4 members (excludes halogenated alkanes) is 2. The predicted molar refractivity (Wildman–Crippen MR) is 83.6 cm³/mol. The van der Waals surface area contributed by atoms with E-state index in [4.69, 9.17) is 0 Å². The number of amides is 2. The van der Waals surface area contributed by atoms with Gasteiger partial charge < -0.3 is 10.6 Å². The molecule has 2 N–H and O–H groups in total. The summed E-state index contributed by atoms with van der Waals surface area (Å²) in [6.45, 7) is 3.20. The molecule has 20 heavy (non-hydrogen) atoms. The summed E-state index contributed by atoms with van der Waals surface area (Å²) in [6, 6.07) is 7.11. The topological polar surface area (TPSA) is 58.2 Å². The first kappa shape index (κ1) is 16.7. The second-order valence-corrected chi connectivity index (χ2v) is 5.49. The highest BCUT2D eigenvalue weighted by molar-refractivity contribution is 9.10. The molecule has 1 aromatic rings. The number of nitrogens with one attached hydrogen (secondary N) is 2. The molecule has 0 aliphatic carbocycles. The Kier molecular flexibility index (Phi) is 7.95. The summed E-state index contributed by atoms with van der Waals surface area (Å²) in [5.74, 6) is -0.173. The number of benzene rings is 1. The standard InChI is InChI=1S/C15H21BrN2O2/c1-2-3-4-10-17-14(19)9-11-18-15(20)12-5-7-13(16)8-6-12/h5-8H,2-4,9-11H2,1H3,(H,17,19)(H,18,20). The summed E-state index contributed by atoms with van der Waals surface area (Å²) in [5.41, 5.74) is 0.594. The molecule has 0 unspecified atom stereocenters. The van der Waals surface area contributed by atoms with Crippen LogP contribution in [0.2, 0.25) is 0 Å². The van der Waals surface area contributed by atoms with Gasteiger partial charge in [-0.3, -0.25) is 9.59 Å². The first-order valence-electron chi connectivity index (χ1n) is 6.94. The second-order valence-electron chi connectivity index (χ2n) is 4.57. The molecule has 1 rings (SSSR count). The largest absolute Gasteiger partial charge is 0.356 e. The van der Waals surface area contributed by atoms with E-state index in [-0.39, 0.29) is 11.8 Å². The van der Waals surface area contributed by atoms with E-state index in [0.717, 1.165) is 23.7 Å². The lowest BCUT2D eigenvalue weighted by Crippen LogP contribution is -2.31. The van der Waals surface area contributed by atoms with Gasteiger partial charge in [-0.2, -0.15) is 0 Å². The van der Waals surface area contributed by atoms with Crippen LogP contribution in [0, 0.1) is 0 Å². The molecular weight excluding hydrogens is 320 g/mol. The Bertz CT molecular complexity index is 432. The zero-order valence-corrected chi connectivity index (χ0v) is 13.3. The van der Waals surface area contributed by atoms with Crippen molar-refractivity contribution in [3.05, 3.63) is 34.3 Å². The lowest BCUT2D eigenvalue weighted by atomic mass is 10.2. The van der Waals surface area contributed by atoms with E-state index in [1.165, 1.54) is 0 Å². The maximum atomic E-state index is 11.8. The molecule has 0 aliphatic rings. The molecule has 0 heterocycles. The van der Waals surface area contributed by atoms with Crippen LogP contribution in [0.15, 0.2) is 28.7 Å². The predicted octanol–water partition coefficient (Wildman–Crippen LogP) is 2.88. The molecule has 0 aliphatic heterocycles. The number of hydrogen-bond donors (Lipinski definition) is 2. The van der Waals surface area contributed by atoms with E-state index in [0.29, 0.717) is 25.1 Å². The first-order chi connectivity index (χ1) is 9.63. The van der Waals surface area contributed by atoms with Crippen molar-refractivity contribution in [2.24, 2.45) is 0 Å². The van der Waals surface area contributed by atoms with Gasteiger partial charge in [-0.25, -0.2) is 0 Å². The van der Waals surface area contributed by atoms with Crippen molar-refractivity contribution < 1.29 is 9.59 Å². The summed E-state index contributed by atoms with van der Waals surface area (Å²) < 4.78 is 0.931. The van der Waals surface area contributed by atoms with E-state index < -0.39 is 0 Å². The quantitative estimate of drug-likeness (QED) is 0.715. The van der Waals surface area contributed by atoms with Crippen LogP contribution in [-0.4, -0.2) is 24.9 Å². The van der Waals surface area contributed by atoms with Crippen LogP contribution < -0.4 is 10.6 Å². The average molecular weight is 341 g/mol. The second kappa shape index (κ2) is 9.53. The Hall–Kier alpha value is -1.36. The van der Waals surface area contributed by atoms with Crippen molar-refractivity contribution in [1.29, 1.82) is 0 Å². The molecule has 0 spiro atoms. The monoisotopic (exact) mass is 340 g/mol. The Morgan fingerprint density at radius 2 is 1.75 bits per heavy atom. The van der Waals surface area contributed by atoms with Crippen molar-refractivity contribution >= 4 is 27.7 Å². The molecule has 1 aromatic carbocycles. The van der Waals surface area contributed by atoms with Crippen molar-refractivity contribution in [1.82, 2.24) is 10.6 Å². The normalized spacial score (nSPS) is 10.1. The molecule has 0 atom stereocenters. The minimum Gasteiger partial charge on any atom is -0.356 e. The van der Waals surface area contributed by atoms with Gasteiger partial charge in [-0.1, -0.05) is 35.7 Å². The van der Waals surface area contributed by atoms with Crippen LogP contribution in [0.25, 0.3) is 0 Å². The van der Waals surface area contributed by atoms with Gasteiger partial charge in [-0.15, -0.1) is 0 Å². The molecule has 2 amide bonds. The molecule has 0 saturated carbocycles. The van der Waals surface area contributed by atoms with Crippen molar-refractivity contribution in [2.45, 2.75) is 32.6 Å². The third-order valence-corrected chi connectivity index (χ3v) is 3.38. The van der Waals surface area contributed by atoms with Crippen molar-refractivity contribution in [2.75, 3.05) is 13.1 Å². The summed E-state index contributed by atoms with van der Waals surface area (Å²) in [4.78, 5) is 23.3. The zero-order valence-electron chi connectivity index (χ0n) is 11.7. The number of carbonyl (C=O) groups is 2. The van der Waals surface area contributed by atoms with E-state index in [9.17, 15) is 9.59 Å². The van der Waals surface area contributed by atoms with E-state index in [2.05, 4.69) is 33.5 Å². The Balaban J connectivity index is 2.18. The summed E-state index contributed by atoms with van der Waals surface area (Å²) >= 11 is 3.32. The van der Waals surface area contributed by atoms with Gasteiger partial charge in [0.15, 0.2) is 0 Å². The van der Waals surface area contributed by atoms with E-state index in [1.54, 1.807) is 12.1 Å². The summed E-state index contributed by atoms with van der Waals surface area (Å²) in [5, 5.41) is 5.58. The van der Waals surface area contributed by atoms with Crippen LogP contribution in [-0.2, 0) is 4.79 Å².